The van der Waals surface area contributed by atoms with Gasteiger partial charge in [0, 0.05) is 3.42 Å². The Kier molecular flexibility index (Phi) is 1.49. The molecule has 4 aliphatic carbocycles. The van der Waals surface area contributed by atoms with Gasteiger partial charge in [-0.25, -0.2) is 0 Å². The van der Waals surface area contributed by atoms with Crippen LogP contribution in [0.15, 0.2) is 0 Å². The van der Waals surface area contributed by atoms with E-state index in [4.69, 9.17) is 0 Å². The first-order chi connectivity index (χ1) is 6.88. The van der Waals surface area contributed by atoms with Crippen LogP contribution in [-0.2, 0) is 0 Å². The summed E-state index contributed by atoms with van der Waals surface area (Å²) in [5.74, 6) is 4.36. The van der Waals surface area contributed by atoms with Crippen molar-refractivity contribution < 1.29 is 0 Å². The molecule has 4 saturated carbocycles. The maximum absolute atomic E-state index is 2.81. The van der Waals surface area contributed by atoms with Crippen LogP contribution in [0.1, 0.15) is 46.5 Å². The Bertz CT molecular complexity index is 343. The predicted molar refractivity (Wildman–Crippen MR) is 71.1 cm³/mol. The molecule has 0 aromatic rings. The second kappa shape index (κ2) is 2.30. The molecule has 6 unspecified atom stereocenters. The van der Waals surface area contributed by atoms with Crippen molar-refractivity contribution in [2.45, 2.75) is 49.9 Å². The summed E-state index contributed by atoms with van der Waals surface area (Å²) in [6.45, 7) is 7.63. The van der Waals surface area contributed by atoms with E-state index in [1.165, 1.54) is 6.42 Å². The summed E-state index contributed by atoms with van der Waals surface area (Å²) in [4.78, 5) is 0. The molecule has 0 amide bonds. The minimum Gasteiger partial charge on any atom is -0.0785 e. The highest BCUT2D eigenvalue weighted by atomic mass is 127. The van der Waals surface area contributed by atoms with Crippen molar-refractivity contribution in [1.82, 2.24) is 0 Å². The molecule has 0 aromatic heterocycles. The largest absolute Gasteiger partial charge is 0.0785 e. The molecule has 0 aromatic carbocycles. The first-order valence-electron chi connectivity index (χ1n) is 6.57. The minimum absolute atomic E-state index is 0.641. The molecule has 0 N–H and O–H groups in total. The highest BCUT2D eigenvalue weighted by Crippen LogP contribution is 2.84. The molecule has 4 fully saturated rings. The Morgan fingerprint density at radius 2 is 1.73 bits per heavy atom. The number of fused-ring (bicyclic) bond motifs is 2. The minimum atomic E-state index is 0.641. The average Bonchev–Trinajstić information content (AvgIpc) is 2.94. The maximum Gasteiger partial charge on any atom is 0.0256 e. The SMILES string of the molecule is CC1(C)CC2CC3(CC3C2(C)I)C2CC21. The lowest BCUT2D eigenvalue weighted by atomic mass is 9.75. The summed E-state index contributed by atoms with van der Waals surface area (Å²) in [7, 11) is 0. The summed E-state index contributed by atoms with van der Waals surface area (Å²) < 4.78 is 0.641. The van der Waals surface area contributed by atoms with Gasteiger partial charge in [0.25, 0.3) is 0 Å². The number of alkyl halides is 1. The van der Waals surface area contributed by atoms with Gasteiger partial charge in [0.05, 0.1) is 0 Å². The molecule has 0 heterocycles. The monoisotopic (exact) mass is 316 g/mol. The van der Waals surface area contributed by atoms with E-state index in [1.807, 2.05) is 0 Å². The van der Waals surface area contributed by atoms with Crippen molar-refractivity contribution in [2.24, 2.45) is 34.5 Å². The van der Waals surface area contributed by atoms with Gasteiger partial charge >= 0.3 is 0 Å². The first kappa shape index (κ1) is 9.73. The van der Waals surface area contributed by atoms with Gasteiger partial charge < -0.3 is 0 Å². The topological polar surface area (TPSA) is 0 Å². The van der Waals surface area contributed by atoms with Crippen molar-refractivity contribution in [3.63, 3.8) is 0 Å². The van der Waals surface area contributed by atoms with Crippen molar-refractivity contribution in [3.8, 4) is 0 Å². The normalized spacial score (nSPS) is 68.0. The van der Waals surface area contributed by atoms with E-state index in [2.05, 4.69) is 43.4 Å². The predicted octanol–water partition coefficient (Wildman–Crippen LogP) is 4.27. The van der Waals surface area contributed by atoms with E-state index in [0.717, 1.165) is 29.1 Å². The molecule has 0 saturated heterocycles. The smallest absolute Gasteiger partial charge is 0.0256 e. The van der Waals surface area contributed by atoms with E-state index in [0.29, 0.717) is 8.84 Å². The van der Waals surface area contributed by atoms with Gasteiger partial charge in [0.15, 0.2) is 0 Å². The van der Waals surface area contributed by atoms with E-state index in [1.54, 1.807) is 19.3 Å². The number of hydrogen-bond acceptors (Lipinski definition) is 0. The fourth-order valence-corrected chi connectivity index (χ4v) is 6.85. The third kappa shape index (κ3) is 0.965. The van der Waals surface area contributed by atoms with E-state index in [9.17, 15) is 0 Å². The van der Waals surface area contributed by atoms with Gasteiger partial charge in [-0.2, -0.15) is 0 Å². The summed E-state index contributed by atoms with van der Waals surface area (Å²) in [6.07, 6.45) is 6.25. The molecule has 4 rings (SSSR count). The molecule has 1 heteroatoms. The van der Waals surface area contributed by atoms with Crippen LogP contribution in [0.4, 0.5) is 0 Å². The number of rotatable bonds is 0. The molecule has 0 nitrogen and oxygen atoms in total. The third-order valence-electron chi connectivity index (χ3n) is 6.53. The van der Waals surface area contributed by atoms with Crippen LogP contribution in [0.2, 0.25) is 0 Å². The molecule has 6 atom stereocenters. The quantitative estimate of drug-likeness (QED) is 0.462. The molecular weight excluding hydrogens is 295 g/mol. The van der Waals surface area contributed by atoms with E-state index >= 15 is 0 Å². The number of halogens is 1. The van der Waals surface area contributed by atoms with Gasteiger partial charge in [0.1, 0.15) is 0 Å². The second-order valence-electron chi connectivity index (χ2n) is 7.68. The van der Waals surface area contributed by atoms with Crippen LogP contribution in [-0.4, -0.2) is 3.42 Å². The summed E-state index contributed by atoms with van der Waals surface area (Å²) in [6, 6.07) is 0. The summed E-state index contributed by atoms with van der Waals surface area (Å²) in [5.41, 5.74) is 1.51. The van der Waals surface area contributed by atoms with Crippen molar-refractivity contribution >= 4 is 22.6 Å². The lowest BCUT2D eigenvalue weighted by Crippen LogP contribution is -2.31. The fraction of sp³-hybridized carbons (Fsp3) is 1.00. The van der Waals surface area contributed by atoms with Crippen LogP contribution < -0.4 is 0 Å². The molecule has 0 aliphatic heterocycles. The molecule has 0 radical (unpaired) electrons. The van der Waals surface area contributed by atoms with Crippen LogP contribution >= 0.6 is 22.6 Å². The Hall–Kier alpha value is 0.730. The molecule has 15 heavy (non-hydrogen) atoms. The fourth-order valence-electron chi connectivity index (χ4n) is 5.56. The number of hydrogen-bond donors (Lipinski definition) is 0. The lowest BCUT2D eigenvalue weighted by Gasteiger charge is -2.35. The molecule has 4 aliphatic rings. The zero-order valence-corrected chi connectivity index (χ0v) is 12.2. The van der Waals surface area contributed by atoms with Crippen LogP contribution in [0.5, 0.6) is 0 Å². The Balaban J connectivity index is 1.79. The molecule has 2 bridgehead atoms. The van der Waals surface area contributed by atoms with Crippen molar-refractivity contribution in [1.29, 1.82) is 0 Å². The molecule has 1 spiro atoms. The van der Waals surface area contributed by atoms with Crippen LogP contribution in [0.3, 0.4) is 0 Å². The van der Waals surface area contributed by atoms with Gasteiger partial charge in [-0.05, 0) is 67.1 Å². The zero-order chi connectivity index (χ0) is 10.6. The Labute approximate surface area is 107 Å². The highest BCUT2D eigenvalue weighted by molar-refractivity contribution is 14.1. The van der Waals surface area contributed by atoms with Gasteiger partial charge in [-0.1, -0.05) is 36.4 Å². The first-order valence-corrected chi connectivity index (χ1v) is 7.65. The van der Waals surface area contributed by atoms with Crippen molar-refractivity contribution in [2.75, 3.05) is 0 Å². The molecular formula is C14H21I. The van der Waals surface area contributed by atoms with E-state index < -0.39 is 0 Å². The standard InChI is InChI=1S/C14H21I/c1-12(2)5-8-6-14(10-4-9(10)12)7-11(14)13(8,3)15/h8-11H,4-7H2,1-3H3. The van der Waals surface area contributed by atoms with E-state index in [-0.39, 0.29) is 0 Å². The van der Waals surface area contributed by atoms with Gasteiger partial charge in [0.2, 0.25) is 0 Å². The van der Waals surface area contributed by atoms with Crippen LogP contribution in [0.25, 0.3) is 0 Å². The van der Waals surface area contributed by atoms with Crippen molar-refractivity contribution in [3.05, 3.63) is 0 Å². The maximum atomic E-state index is 2.81. The zero-order valence-electron chi connectivity index (χ0n) is 10.0. The van der Waals surface area contributed by atoms with Gasteiger partial charge in [-0.15, -0.1) is 0 Å². The Morgan fingerprint density at radius 3 is 2.47 bits per heavy atom. The third-order valence-corrected chi connectivity index (χ3v) is 8.16. The van der Waals surface area contributed by atoms with Gasteiger partial charge in [-0.3, -0.25) is 0 Å². The highest BCUT2D eigenvalue weighted by Gasteiger charge is 2.78. The summed E-state index contributed by atoms with van der Waals surface area (Å²) in [5, 5.41) is 0. The average molecular weight is 316 g/mol. The molecule has 84 valence electrons. The Morgan fingerprint density at radius 1 is 1.00 bits per heavy atom. The van der Waals surface area contributed by atoms with Crippen LogP contribution in [0, 0.1) is 34.5 Å². The lowest BCUT2D eigenvalue weighted by molar-refractivity contribution is 0.211. The summed E-state index contributed by atoms with van der Waals surface area (Å²) >= 11 is 2.81. The second-order valence-corrected chi connectivity index (χ2v) is 10.0.